The topological polar surface area (TPSA) is 59.5 Å². The summed E-state index contributed by atoms with van der Waals surface area (Å²) in [4.78, 5) is 28.0. The van der Waals surface area contributed by atoms with E-state index in [1.54, 1.807) is 12.3 Å². The van der Waals surface area contributed by atoms with E-state index in [1.807, 2.05) is 13.8 Å². The summed E-state index contributed by atoms with van der Waals surface area (Å²) in [6.45, 7) is 5.99. The van der Waals surface area contributed by atoms with Gasteiger partial charge in [0, 0.05) is 11.4 Å². The lowest BCUT2D eigenvalue weighted by molar-refractivity contribution is -0.131. The van der Waals surface area contributed by atoms with Gasteiger partial charge in [0.15, 0.2) is 10.5 Å². The summed E-state index contributed by atoms with van der Waals surface area (Å²) in [6, 6.07) is -0.0718. The van der Waals surface area contributed by atoms with Crippen molar-refractivity contribution in [2.45, 2.75) is 38.2 Å². The Morgan fingerprint density at radius 2 is 2.10 bits per heavy atom. The summed E-state index contributed by atoms with van der Waals surface area (Å²) in [5, 5.41) is 2.24. The average molecular weight is 339 g/mol. The fourth-order valence-corrected chi connectivity index (χ4v) is 2.48. The molecule has 0 bridgehead atoms. The van der Waals surface area contributed by atoms with Crippen molar-refractivity contribution in [3.8, 4) is 0 Å². The summed E-state index contributed by atoms with van der Waals surface area (Å²) >= 11 is 12.5. The van der Waals surface area contributed by atoms with Gasteiger partial charge in [-0.25, -0.2) is 9.78 Å². The number of ether oxygens (including phenoxy) is 1. The zero-order valence-electron chi connectivity index (χ0n) is 11.4. The molecule has 0 saturated heterocycles. The normalized spacial score (nSPS) is 10.9. The summed E-state index contributed by atoms with van der Waals surface area (Å²) in [5.74, 6) is -0.846. The molecule has 1 aromatic heterocycles. The van der Waals surface area contributed by atoms with Crippen molar-refractivity contribution in [2.24, 2.45) is 0 Å². The SMILES string of the molecule is CCOC(=O)c1csc(CN(C(=O)C(Cl)Cl)C(C)C)n1. The predicted molar refractivity (Wildman–Crippen MR) is 79.3 cm³/mol. The van der Waals surface area contributed by atoms with Crippen LogP contribution in [0.5, 0.6) is 0 Å². The molecule has 0 aliphatic heterocycles. The van der Waals surface area contributed by atoms with Crippen LogP contribution in [0.2, 0.25) is 0 Å². The van der Waals surface area contributed by atoms with Crippen LogP contribution in [0.15, 0.2) is 5.38 Å². The average Bonchev–Trinajstić information content (AvgIpc) is 2.83. The highest BCUT2D eigenvalue weighted by molar-refractivity contribution is 7.09. The number of thiazole rings is 1. The molecule has 1 heterocycles. The molecule has 0 aliphatic carbocycles. The molecule has 0 atom stereocenters. The first-order valence-corrected chi connectivity index (χ1v) is 7.82. The van der Waals surface area contributed by atoms with E-state index in [0.717, 1.165) is 0 Å². The molecule has 20 heavy (non-hydrogen) atoms. The minimum Gasteiger partial charge on any atom is -0.461 e. The third-order valence-electron chi connectivity index (χ3n) is 2.44. The zero-order valence-corrected chi connectivity index (χ0v) is 13.8. The van der Waals surface area contributed by atoms with Crippen molar-refractivity contribution >= 4 is 46.4 Å². The number of hydrogen-bond donors (Lipinski definition) is 0. The van der Waals surface area contributed by atoms with Gasteiger partial charge in [0.25, 0.3) is 5.91 Å². The minimum atomic E-state index is -1.11. The number of nitrogens with zero attached hydrogens (tertiary/aromatic N) is 2. The molecule has 0 radical (unpaired) electrons. The first-order valence-electron chi connectivity index (χ1n) is 6.07. The Bertz CT molecular complexity index is 477. The van der Waals surface area contributed by atoms with E-state index < -0.39 is 10.8 Å². The van der Waals surface area contributed by atoms with Gasteiger partial charge in [-0.1, -0.05) is 23.2 Å². The summed E-state index contributed by atoms with van der Waals surface area (Å²) in [7, 11) is 0. The molecule has 1 rings (SSSR count). The van der Waals surface area contributed by atoms with Crippen molar-refractivity contribution in [1.29, 1.82) is 0 Å². The predicted octanol–water partition coefficient (Wildman–Crippen LogP) is 2.86. The van der Waals surface area contributed by atoms with Gasteiger partial charge >= 0.3 is 5.97 Å². The Morgan fingerprint density at radius 1 is 1.45 bits per heavy atom. The van der Waals surface area contributed by atoms with Crippen molar-refractivity contribution in [3.05, 3.63) is 16.1 Å². The van der Waals surface area contributed by atoms with Crippen molar-refractivity contribution in [3.63, 3.8) is 0 Å². The van der Waals surface area contributed by atoms with E-state index in [2.05, 4.69) is 4.98 Å². The minimum absolute atomic E-state index is 0.0718. The van der Waals surface area contributed by atoms with Crippen LogP contribution in [0.3, 0.4) is 0 Å². The van der Waals surface area contributed by atoms with Gasteiger partial charge in [0.05, 0.1) is 13.2 Å². The molecule has 112 valence electrons. The number of aromatic nitrogens is 1. The fraction of sp³-hybridized carbons (Fsp3) is 0.583. The van der Waals surface area contributed by atoms with E-state index in [-0.39, 0.29) is 24.2 Å². The Morgan fingerprint density at radius 3 is 2.60 bits per heavy atom. The lowest BCUT2D eigenvalue weighted by Crippen LogP contribution is -2.39. The van der Waals surface area contributed by atoms with Gasteiger partial charge in [-0.05, 0) is 20.8 Å². The molecule has 0 unspecified atom stereocenters. The van der Waals surface area contributed by atoms with E-state index in [9.17, 15) is 9.59 Å². The molecule has 0 N–H and O–H groups in total. The van der Waals surface area contributed by atoms with E-state index in [4.69, 9.17) is 27.9 Å². The maximum atomic E-state index is 11.9. The van der Waals surface area contributed by atoms with Crippen LogP contribution >= 0.6 is 34.5 Å². The molecule has 0 spiro atoms. The van der Waals surface area contributed by atoms with E-state index >= 15 is 0 Å². The molecule has 1 amide bonds. The number of esters is 1. The molecule has 0 saturated carbocycles. The largest absolute Gasteiger partial charge is 0.461 e. The lowest BCUT2D eigenvalue weighted by atomic mass is 10.3. The second kappa shape index (κ2) is 7.81. The van der Waals surface area contributed by atoms with Gasteiger partial charge in [0.2, 0.25) is 0 Å². The van der Waals surface area contributed by atoms with Crippen LogP contribution in [0.1, 0.15) is 36.3 Å². The van der Waals surface area contributed by atoms with E-state index in [1.165, 1.54) is 16.2 Å². The van der Waals surface area contributed by atoms with Crippen LogP contribution in [0.4, 0.5) is 0 Å². The maximum Gasteiger partial charge on any atom is 0.357 e. The molecule has 0 aromatic carbocycles. The molecule has 0 aliphatic rings. The third-order valence-corrected chi connectivity index (χ3v) is 3.64. The monoisotopic (exact) mass is 338 g/mol. The number of rotatable bonds is 6. The molecular weight excluding hydrogens is 323 g/mol. The fourth-order valence-electron chi connectivity index (χ4n) is 1.47. The van der Waals surface area contributed by atoms with Gasteiger partial charge < -0.3 is 9.64 Å². The van der Waals surface area contributed by atoms with Gasteiger partial charge in [-0.2, -0.15) is 0 Å². The van der Waals surface area contributed by atoms with Crippen molar-refractivity contribution in [2.75, 3.05) is 6.61 Å². The van der Waals surface area contributed by atoms with Crippen molar-refractivity contribution < 1.29 is 14.3 Å². The lowest BCUT2D eigenvalue weighted by Gasteiger charge is -2.26. The number of carbonyl (C=O) groups excluding carboxylic acids is 2. The summed E-state index contributed by atoms with van der Waals surface area (Å²) in [6.07, 6.45) is 0. The Labute approximate surface area is 131 Å². The Balaban J connectivity index is 2.80. The Kier molecular flexibility index (Phi) is 6.71. The smallest absolute Gasteiger partial charge is 0.357 e. The highest BCUT2D eigenvalue weighted by atomic mass is 35.5. The van der Waals surface area contributed by atoms with E-state index in [0.29, 0.717) is 11.6 Å². The first kappa shape index (κ1) is 17.2. The maximum absolute atomic E-state index is 11.9. The quantitative estimate of drug-likeness (QED) is 0.591. The molecule has 0 fully saturated rings. The second-order valence-electron chi connectivity index (χ2n) is 4.21. The molecule has 1 aromatic rings. The number of alkyl halides is 2. The zero-order chi connectivity index (χ0) is 15.3. The van der Waals surface area contributed by atoms with Gasteiger partial charge in [-0.15, -0.1) is 11.3 Å². The van der Waals surface area contributed by atoms with Gasteiger partial charge in [0.1, 0.15) is 5.01 Å². The number of carbonyl (C=O) groups is 2. The van der Waals surface area contributed by atoms with Crippen LogP contribution in [-0.4, -0.2) is 39.2 Å². The number of hydrogen-bond acceptors (Lipinski definition) is 5. The standard InChI is InChI=1S/C12H16Cl2N2O3S/c1-4-19-12(18)8-6-20-9(15-8)5-16(7(2)3)11(17)10(13)14/h6-7,10H,4-5H2,1-3H3. The van der Waals surface area contributed by atoms with Crippen LogP contribution in [0, 0.1) is 0 Å². The number of amides is 1. The van der Waals surface area contributed by atoms with Gasteiger partial charge in [-0.3, -0.25) is 4.79 Å². The summed E-state index contributed by atoms with van der Waals surface area (Å²) < 4.78 is 4.86. The Hall–Kier alpha value is -0.850. The highest BCUT2D eigenvalue weighted by Crippen LogP contribution is 2.18. The van der Waals surface area contributed by atoms with Crippen LogP contribution < -0.4 is 0 Å². The summed E-state index contributed by atoms with van der Waals surface area (Å²) in [5.41, 5.74) is 0.247. The molecular formula is C12H16Cl2N2O3S. The van der Waals surface area contributed by atoms with Crippen LogP contribution in [-0.2, 0) is 16.1 Å². The number of halogens is 2. The molecule has 8 heteroatoms. The van der Waals surface area contributed by atoms with Crippen LogP contribution in [0.25, 0.3) is 0 Å². The first-order chi connectivity index (χ1) is 9.36. The third kappa shape index (κ3) is 4.61. The highest BCUT2D eigenvalue weighted by Gasteiger charge is 2.24. The molecule has 5 nitrogen and oxygen atoms in total. The second-order valence-corrected chi connectivity index (χ2v) is 6.25. The van der Waals surface area contributed by atoms with Crippen molar-refractivity contribution in [1.82, 2.24) is 9.88 Å².